The molecule has 2 aromatic rings. The Morgan fingerprint density at radius 1 is 1.12 bits per heavy atom. The van der Waals surface area contributed by atoms with Gasteiger partial charge in [0.1, 0.15) is 12.0 Å². The van der Waals surface area contributed by atoms with Crippen LogP contribution in [0.15, 0.2) is 6.07 Å². The topological polar surface area (TPSA) is 167 Å². The number of nitrogens with zero attached hydrogens (tertiary/aromatic N) is 2. The number of ketones is 1. The molecule has 1 amide bonds. The fourth-order valence-electron chi connectivity index (χ4n) is 8.22. The molecule has 4 heterocycles. The average Bonchev–Trinajstić information content (AvgIpc) is 3.53. The molecule has 4 N–H and O–H groups in total. The monoisotopic (exact) mass is 699 g/mol. The fourth-order valence-corrected chi connectivity index (χ4v) is 9.82. The van der Waals surface area contributed by atoms with Gasteiger partial charge in [0.15, 0.2) is 28.8 Å². The molecule has 0 saturated carbocycles. The third kappa shape index (κ3) is 5.71. The number of Topliss-reactive ketones (excluding diaryl/α,β-unsaturated/α-hetero) is 1. The van der Waals surface area contributed by atoms with E-state index in [9.17, 15) is 29.7 Å². The van der Waals surface area contributed by atoms with Crippen LogP contribution in [0.2, 0.25) is 0 Å². The second kappa shape index (κ2) is 13.6. The predicted octanol–water partition coefficient (Wildman–Crippen LogP) is 2.97. The van der Waals surface area contributed by atoms with Gasteiger partial charge in [-0.3, -0.25) is 24.2 Å². The Kier molecular flexibility index (Phi) is 9.81. The SMILES string of the molecule is CCCC(=O)N[C@@H](CS[C@@H]1c2c(OC(C)=O)c(C)c3c(c2[C@H](CO)N2C1[C@H]1c4c(cc(C)c(OC)c4O)C[C@@H](C2O)N1C)OCO3)C(C)=O. The number of nitrogens with one attached hydrogen (secondary N) is 1. The molecule has 14 heteroatoms. The molecule has 49 heavy (non-hydrogen) atoms. The van der Waals surface area contributed by atoms with Crippen LogP contribution in [0.3, 0.4) is 0 Å². The zero-order valence-electron chi connectivity index (χ0n) is 28.9. The summed E-state index contributed by atoms with van der Waals surface area (Å²) in [6, 6.07) is -1.28. The number of phenols is 1. The Hall–Kier alpha value is -3.56. The number of aryl methyl sites for hydroxylation is 1. The van der Waals surface area contributed by atoms with Crippen LogP contribution in [0.5, 0.6) is 28.7 Å². The third-order valence-electron chi connectivity index (χ3n) is 10.3. The first-order valence-electron chi connectivity index (χ1n) is 16.6. The first-order valence-corrected chi connectivity index (χ1v) is 17.6. The van der Waals surface area contributed by atoms with E-state index in [1.807, 2.05) is 36.8 Å². The zero-order chi connectivity index (χ0) is 35.5. The molecule has 0 aliphatic carbocycles. The van der Waals surface area contributed by atoms with E-state index in [-0.39, 0.29) is 42.2 Å². The van der Waals surface area contributed by atoms with Crippen LogP contribution in [0, 0.1) is 13.8 Å². The molecule has 6 rings (SSSR count). The first-order chi connectivity index (χ1) is 23.4. The smallest absolute Gasteiger partial charge is 0.308 e. The van der Waals surface area contributed by atoms with E-state index in [1.165, 1.54) is 32.7 Å². The predicted molar refractivity (Wildman–Crippen MR) is 180 cm³/mol. The molecule has 0 spiro atoms. The number of aliphatic hydroxyl groups excluding tert-OH is 2. The number of ether oxygens (including phenoxy) is 4. The van der Waals surface area contributed by atoms with Gasteiger partial charge in [-0.15, -0.1) is 11.8 Å². The highest BCUT2D eigenvalue weighted by atomic mass is 32.2. The molecule has 7 atom stereocenters. The van der Waals surface area contributed by atoms with Gasteiger partial charge < -0.3 is 39.6 Å². The third-order valence-corrected chi connectivity index (χ3v) is 11.7. The van der Waals surface area contributed by atoms with E-state index in [0.717, 1.165) is 11.1 Å². The maximum absolute atomic E-state index is 12.9. The molecule has 1 fully saturated rings. The molecular weight excluding hydrogens is 654 g/mol. The van der Waals surface area contributed by atoms with Crippen molar-refractivity contribution in [1.82, 2.24) is 15.1 Å². The summed E-state index contributed by atoms with van der Waals surface area (Å²) in [5.41, 5.74) is 3.88. The lowest BCUT2D eigenvalue weighted by Gasteiger charge is -2.61. The number of methoxy groups -OCH3 is 1. The van der Waals surface area contributed by atoms with Crippen molar-refractivity contribution in [2.24, 2.45) is 0 Å². The molecule has 13 nitrogen and oxygen atoms in total. The highest BCUT2D eigenvalue weighted by Crippen LogP contribution is 2.63. The summed E-state index contributed by atoms with van der Waals surface area (Å²) in [7, 11) is 3.40. The number of rotatable bonds is 10. The molecule has 4 aliphatic heterocycles. The van der Waals surface area contributed by atoms with Gasteiger partial charge in [-0.05, 0) is 51.8 Å². The van der Waals surface area contributed by atoms with Gasteiger partial charge in [-0.25, -0.2) is 0 Å². The van der Waals surface area contributed by atoms with E-state index < -0.39 is 54.3 Å². The Bertz CT molecular complexity index is 1680. The number of likely N-dealkylation sites (N-methyl/N-ethyl adjacent to an activating group) is 1. The molecule has 4 aliphatic rings. The summed E-state index contributed by atoms with van der Waals surface area (Å²) in [5, 5.41) is 37.4. The number of piperazine rings is 1. The van der Waals surface area contributed by atoms with Crippen molar-refractivity contribution in [1.29, 1.82) is 0 Å². The summed E-state index contributed by atoms with van der Waals surface area (Å²) < 4.78 is 23.5. The number of aromatic hydroxyl groups is 1. The average molecular weight is 700 g/mol. The number of carbonyl (C=O) groups excluding carboxylic acids is 3. The van der Waals surface area contributed by atoms with Crippen molar-refractivity contribution in [3.8, 4) is 28.7 Å². The van der Waals surface area contributed by atoms with Crippen molar-refractivity contribution in [2.45, 2.75) is 95.6 Å². The van der Waals surface area contributed by atoms with Crippen LogP contribution < -0.4 is 24.3 Å². The van der Waals surface area contributed by atoms with Crippen LogP contribution in [0.1, 0.15) is 84.3 Å². The van der Waals surface area contributed by atoms with Gasteiger partial charge in [0.05, 0.1) is 43.1 Å². The van der Waals surface area contributed by atoms with Crippen molar-refractivity contribution in [3.05, 3.63) is 39.4 Å². The Balaban J connectivity index is 1.61. The molecule has 2 bridgehead atoms. The number of hydrogen-bond donors (Lipinski definition) is 4. The van der Waals surface area contributed by atoms with Gasteiger partial charge in [-0.1, -0.05) is 13.0 Å². The maximum Gasteiger partial charge on any atom is 0.308 e. The number of hydrogen-bond acceptors (Lipinski definition) is 13. The zero-order valence-corrected chi connectivity index (χ0v) is 29.7. The van der Waals surface area contributed by atoms with Gasteiger partial charge in [0.2, 0.25) is 12.7 Å². The van der Waals surface area contributed by atoms with Crippen molar-refractivity contribution in [3.63, 3.8) is 0 Å². The summed E-state index contributed by atoms with van der Waals surface area (Å²) in [6.45, 7) is 7.75. The van der Waals surface area contributed by atoms with Crippen LogP contribution in [-0.4, -0.2) is 100 Å². The number of thioether (sulfide) groups is 1. The number of phenolic OH excluding ortho intramolecular Hbond substituents is 1. The standard InChI is InChI=1S/C35H45N3O10S/c1-8-9-23(42)36-20(17(4)40)13-49-34-26-25(33-32(46-14-47-33)16(3)31(26)48-18(5)41)22(12-39)38-28(34)27-24-19(11-21(35(38)44)37(27)6)10-15(2)30(45-7)29(24)43/h10,20-22,27-28,34-35,39,43-44H,8-9,11-14H2,1-7H3,(H,36,42)/t20-,21-,22-,27+,28?,34+,35?/m0/s1. The van der Waals surface area contributed by atoms with E-state index in [0.29, 0.717) is 52.3 Å². The maximum atomic E-state index is 12.9. The Labute approximate surface area is 289 Å². The lowest BCUT2D eigenvalue weighted by molar-refractivity contribution is -0.178. The van der Waals surface area contributed by atoms with Crippen molar-refractivity contribution in [2.75, 3.05) is 33.3 Å². The Morgan fingerprint density at radius 3 is 2.47 bits per heavy atom. The van der Waals surface area contributed by atoms with Gasteiger partial charge in [-0.2, -0.15) is 0 Å². The number of benzene rings is 2. The highest BCUT2D eigenvalue weighted by Gasteiger charge is 2.59. The minimum Gasteiger partial charge on any atom is -0.504 e. The molecule has 0 aromatic heterocycles. The minimum atomic E-state index is -1.08. The first kappa shape index (κ1) is 35.3. The molecule has 2 unspecified atom stereocenters. The molecule has 266 valence electrons. The summed E-state index contributed by atoms with van der Waals surface area (Å²) in [6.07, 6.45) is 0.234. The fraction of sp³-hybridized carbons (Fsp3) is 0.571. The summed E-state index contributed by atoms with van der Waals surface area (Å²) in [4.78, 5) is 42.2. The van der Waals surface area contributed by atoms with Crippen molar-refractivity contribution >= 4 is 29.4 Å². The van der Waals surface area contributed by atoms with Crippen LogP contribution in [0.4, 0.5) is 0 Å². The molecule has 2 aromatic carbocycles. The molecule has 1 saturated heterocycles. The number of fused-ring (bicyclic) bond motifs is 9. The van der Waals surface area contributed by atoms with E-state index in [4.69, 9.17) is 18.9 Å². The second-order valence-corrected chi connectivity index (χ2v) is 14.4. The van der Waals surface area contributed by atoms with Crippen molar-refractivity contribution < 1.29 is 48.7 Å². The lowest BCUT2D eigenvalue weighted by Crippen LogP contribution is -2.69. The van der Waals surface area contributed by atoms with Gasteiger partial charge in [0, 0.05) is 47.4 Å². The van der Waals surface area contributed by atoms with E-state index in [2.05, 4.69) is 5.32 Å². The van der Waals surface area contributed by atoms with Crippen LogP contribution >= 0.6 is 11.8 Å². The number of carbonyl (C=O) groups is 3. The molecule has 0 radical (unpaired) electrons. The summed E-state index contributed by atoms with van der Waals surface area (Å²) in [5.74, 6) is 0.498. The second-order valence-electron chi connectivity index (χ2n) is 13.3. The lowest BCUT2D eigenvalue weighted by atomic mass is 9.73. The van der Waals surface area contributed by atoms with Gasteiger partial charge >= 0.3 is 5.97 Å². The number of amides is 1. The minimum absolute atomic E-state index is 0.00486. The van der Waals surface area contributed by atoms with Crippen LogP contribution in [-0.2, 0) is 20.8 Å². The summed E-state index contributed by atoms with van der Waals surface area (Å²) >= 11 is 1.38. The largest absolute Gasteiger partial charge is 0.504 e. The quantitative estimate of drug-likeness (QED) is 0.211. The number of esters is 1. The van der Waals surface area contributed by atoms with Gasteiger partial charge in [0.25, 0.3) is 0 Å². The van der Waals surface area contributed by atoms with E-state index >= 15 is 0 Å². The van der Waals surface area contributed by atoms with E-state index in [1.54, 1.807) is 6.92 Å². The number of aliphatic hydroxyl groups is 2. The van der Waals surface area contributed by atoms with Crippen LogP contribution in [0.25, 0.3) is 0 Å². The Morgan fingerprint density at radius 2 is 1.84 bits per heavy atom. The normalized spacial score (nSPS) is 25.9. The highest BCUT2D eigenvalue weighted by molar-refractivity contribution is 7.99. The molecular formula is C35H45N3O10S.